The molecule has 1 heterocycles. The van der Waals surface area contributed by atoms with Gasteiger partial charge in [0.05, 0.1) is 35.6 Å². The smallest absolute Gasteiger partial charge is 0.337 e. The molecule has 0 saturated heterocycles. The molecule has 13 heteroatoms. The highest BCUT2D eigenvalue weighted by Crippen LogP contribution is 2.36. The number of anilines is 1. The Morgan fingerprint density at radius 1 is 0.761 bits per heavy atom. The van der Waals surface area contributed by atoms with Crippen LogP contribution in [0.4, 0.5) is 5.69 Å². The summed E-state index contributed by atoms with van der Waals surface area (Å²) in [6.45, 7) is 3.47. The Kier molecular flexibility index (Phi) is 13.8. The van der Waals surface area contributed by atoms with Crippen molar-refractivity contribution in [1.29, 1.82) is 0 Å². The fourth-order valence-corrected chi connectivity index (χ4v) is 4.88. The number of aromatic nitrogens is 1. The van der Waals surface area contributed by atoms with Crippen LogP contribution < -0.4 is 4.90 Å². The maximum Gasteiger partial charge on any atom is 0.337 e. The number of carbonyl (C=O) groups is 3. The molecule has 0 aliphatic heterocycles. The minimum Gasteiger partial charge on any atom is -0.478 e. The van der Waals surface area contributed by atoms with Crippen molar-refractivity contribution < 1.29 is 53.2 Å². The van der Waals surface area contributed by atoms with Crippen molar-refractivity contribution in [3.05, 3.63) is 88.3 Å². The number of hydrogen-bond acceptors (Lipinski definition) is 9. The number of aromatic carboxylic acids is 2. The fourth-order valence-electron chi connectivity index (χ4n) is 4.88. The number of methoxy groups -OCH3 is 4. The van der Waals surface area contributed by atoms with E-state index in [1.807, 2.05) is 9.48 Å². The Labute approximate surface area is 267 Å². The van der Waals surface area contributed by atoms with Crippen molar-refractivity contribution in [3.63, 3.8) is 0 Å². The van der Waals surface area contributed by atoms with Crippen molar-refractivity contribution >= 4 is 34.9 Å². The summed E-state index contributed by atoms with van der Waals surface area (Å²) >= 11 is 0. The highest BCUT2D eigenvalue weighted by atomic mass is 16.5. The van der Waals surface area contributed by atoms with Gasteiger partial charge in [-0.15, -0.1) is 0 Å². The minimum atomic E-state index is -1.24. The summed E-state index contributed by atoms with van der Waals surface area (Å²) in [7, 11) is 6.29. The molecule has 0 fully saturated rings. The number of carboxylic acid groups (broad SMARTS) is 3. The second kappa shape index (κ2) is 17.7. The number of carboxylic acids is 3. The topological polar surface area (TPSA) is 168 Å². The standard InChI is InChI=1S/C33H39N3O10/c1-43-15-11-35(12-16-44-2)23-6-8-25(27(19-23)32(39)40)30(29-10-5-22(21-34-29)31(37)38)26-9-7-24(20-28(26)33(41)42)36(13-17-45-3)14-18-46-4/h5-10,19-21H,11-18H2,1-4H3,(H2-,37,38,39,40,41,42)/p+1. The summed E-state index contributed by atoms with van der Waals surface area (Å²) < 4.78 is 22.9. The second-order valence-corrected chi connectivity index (χ2v) is 10.1. The Morgan fingerprint density at radius 3 is 1.89 bits per heavy atom. The fraction of sp³-hybridized carbons (Fsp3) is 0.364. The average molecular weight is 639 g/mol. The predicted molar refractivity (Wildman–Crippen MR) is 170 cm³/mol. The first kappa shape index (κ1) is 35.8. The number of aliphatic carboxylic acids is 1. The number of hydrogen-bond donors (Lipinski definition) is 3. The van der Waals surface area contributed by atoms with Gasteiger partial charge in [0, 0.05) is 71.1 Å². The third kappa shape index (κ3) is 9.17. The lowest BCUT2D eigenvalue weighted by molar-refractivity contribution is -0.531. The molecule has 3 rings (SSSR count). The van der Waals surface area contributed by atoms with E-state index >= 15 is 0 Å². The maximum absolute atomic E-state index is 12.8. The first-order valence-electron chi connectivity index (χ1n) is 14.4. The van der Waals surface area contributed by atoms with Gasteiger partial charge in [0.2, 0.25) is 5.71 Å². The van der Waals surface area contributed by atoms with E-state index in [2.05, 4.69) is 4.98 Å². The van der Waals surface area contributed by atoms with E-state index in [1.165, 1.54) is 24.3 Å². The van der Waals surface area contributed by atoms with Gasteiger partial charge in [0.15, 0.2) is 13.1 Å². The van der Waals surface area contributed by atoms with E-state index in [1.54, 1.807) is 52.7 Å². The normalized spacial score (nSPS) is 13.7. The van der Waals surface area contributed by atoms with E-state index in [-0.39, 0.29) is 39.1 Å². The number of rotatable bonds is 18. The van der Waals surface area contributed by atoms with Crippen LogP contribution in [0.3, 0.4) is 0 Å². The third-order valence-electron chi connectivity index (χ3n) is 7.26. The van der Waals surface area contributed by atoms with Crippen LogP contribution in [-0.4, -0.2) is 130 Å². The van der Waals surface area contributed by atoms with Crippen molar-refractivity contribution in [3.8, 4) is 0 Å². The summed E-state index contributed by atoms with van der Waals surface area (Å²) in [6, 6.07) is 7.63. The summed E-state index contributed by atoms with van der Waals surface area (Å²) in [5.41, 5.74) is 1.75. The van der Waals surface area contributed by atoms with Crippen LogP contribution in [0, 0.1) is 0 Å². The lowest BCUT2D eigenvalue weighted by Crippen LogP contribution is -2.30. The van der Waals surface area contributed by atoms with Gasteiger partial charge in [-0.1, -0.05) is 6.07 Å². The Balaban J connectivity index is 2.34. The largest absolute Gasteiger partial charge is 0.478 e. The van der Waals surface area contributed by atoms with Crippen molar-refractivity contribution in [2.75, 3.05) is 85.9 Å². The molecular formula is C33H40N3O10+. The number of nitrogens with zero attached hydrogens (tertiary/aromatic N) is 3. The van der Waals surface area contributed by atoms with Gasteiger partial charge in [-0.3, -0.25) is 4.98 Å². The molecule has 0 bridgehead atoms. The third-order valence-corrected chi connectivity index (χ3v) is 7.26. The molecule has 0 unspecified atom stereocenters. The van der Waals surface area contributed by atoms with E-state index in [0.717, 1.165) is 6.20 Å². The van der Waals surface area contributed by atoms with Crippen LogP contribution in [0.15, 0.2) is 65.9 Å². The number of pyridine rings is 1. The molecule has 0 radical (unpaired) electrons. The van der Waals surface area contributed by atoms with E-state index < -0.39 is 17.9 Å². The highest BCUT2D eigenvalue weighted by molar-refractivity contribution is 6.13. The zero-order valence-corrected chi connectivity index (χ0v) is 26.4. The highest BCUT2D eigenvalue weighted by Gasteiger charge is 2.28. The van der Waals surface area contributed by atoms with E-state index in [9.17, 15) is 29.7 Å². The number of benzene rings is 1. The second-order valence-electron chi connectivity index (χ2n) is 10.1. The molecule has 246 valence electrons. The van der Waals surface area contributed by atoms with Gasteiger partial charge in [0.25, 0.3) is 0 Å². The predicted octanol–water partition coefficient (Wildman–Crippen LogP) is 2.71. The molecule has 0 spiro atoms. The number of allylic oxidation sites excluding steroid dienone is 3. The van der Waals surface area contributed by atoms with Crippen LogP contribution >= 0.6 is 0 Å². The summed E-state index contributed by atoms with van der Waals surface area (Å²) in [6.07, 6.45) is 6.01. The first-order valence-corrected chi connectivity index (χ1v) is 14.4. The summed E-state index contributed by atoms with van der Waals surface area (Å²) in [5, 5.41) is 30.3. The molecule has 1 aliphatic carbocycles. The van der Waals surface area contributed by atoms with E-state index in [0.29, 0.717) is 64.0 Å². The zero-order chi connectivity index (χ0) is 33.6. The molecule has 3 N–H and O–H groups in total. The van der Waals surface area contributed by atoms with Crippen LogP contribution in [0.2, 0.25) is 0 Å². The maximum atomic E-state index is 12.8. The summed E-state index contributed by atoms with van der Waals surface area (Å²) in [5.74, 6) is -3.67. The van der Waals surface area contributed by atoms with E-state index in [4.69, 9.17) is 18.9 Å². The van der Waals surface area contributed by atoms with Gasteiger partial charge >= 0.3 is 17.9 Å². The lowest BCUT2D eigenvalue weighted by Gasteiger charge is -2.26. The zero-order valence-electron chi connectivity index (χ0n) is 26.4. The van der Waals surface area contributed by atoms with Crippen molar-refractivity contribution in [1.82, 2.24) is 4.98 Å². The molecule has 46 heavy (non-hydrogen) atoms. The number of ether oxygens (including phenoxy) is 4. The lowest BCUT2D eigenvalue weighted by atomic mass is 9.86. The van der Waals surface area contributed by atoms with Gasteiger partial charge in [-0.2, -0.15) is 0 Å². The van der Waals surface area contributed by atoms with Crippen LogP contribution in [0.25, 0.3) is 5.57 Å². The van der Waals surface area contributed by atoms with Gasteiger partial charge in [-0.05, 0) is 41.5 Å². The Morgan fingerprint density at radius 2 is 1.39 bits per heavy atom. The van der Waals surface area contributed by atoms with Gasteiger partial charge in [-0.25, -0.2) is 19.0 Å². The molecule has 13 nitrogen and oxygen atoms in total. The van der Waals surface area contributed by atoms with Crippen LogP contribution in [0.1, 0.15) is 32.0 Å². The monoisotopic (exact) mass is 638 g/mol. The van der Waals surface area contributed by atoms with Crippen molar-refractivity contribution in [2.45, 2.75) is 0 Å². The molecule has 0 saturated carbocycles. The quantitative estimate of drug-likeness (QED) is 0.205. The van der Waals surface area contributed by atoms with Crippen LogP contribution in [-0.2, 0) is 23.7 Å². The average Bonchev–Trinajstić information content (AvgIpc) is 3.05. The Hall–Kier alpha value is -4.69. The Bertz CT molecular complexity index is 1510. The molecule has 1 aliphatic rings. The SMILES string of the molecule is COCCN(CCOC)c1ccc(/C(=C2\C=CC(=[N+](CCOC)CCOC)C=C2C(=O)O)c2ccc(C(=O)O)cn2)c(C(=O)O)c1. The molecule has 0 amide bonds. The van der Waals surface area contributed by atoms with Gasteiger partial charge < -0.3 is 39.2 Å². The molecule has 1 aromatic heterocycles. The summed E-state index contributed by atoms with van der Waals surface area (Å²) in [4.78, 5) is 43.4. The molecule has 2 aromatic rings. The van der Waals surface area contributed by atoms with Crippen LogP contribution in [0.5, 0.6) is 0 Å². The molecule has 1 aromatic carbocycles. The van der Waals surface area contributed by atoms with Gasteiger partial charge in [0.1, 0.15) is 13.2 Å². The minimum absolute atomic E-state index is 0.0791. The first-order chi connectivity index (χ1) is 22.2. The van der Waals surface area contributed by atoms with Crippen molar-refractivity contribution in [2.24, 2.45) is 0 Å². The molecule has 0 atom stereocenters. The molecular weight excluding hydrogens is 598 g/mol.